The maximum Gasteiger partial charge on any atom is 0.396 e. The van der Waals surface area contributed by atoms with Crippen LogP contribution in [-0.4, -0.2) is 37.2 Å². The summed E-state index contributed by atoms with van der Waals surface area (Å²) in [4.78, 5) is 22.2. The fourth-order valence-corrected chi connectivity index (χ4v) is 2.91. The number of ether oxygens (including phenoxy) is 2. The van der Waals surface area contributed by atoms with Gasteiger partial charge in [0.05, 0.1) is 25.4 Å². The Morgan fingerprint density at radius 2 is 2.13 bits per heavy atom. The van der Waals surface area contributed by atoms with E-state index in [0.29, 0.717) is 12.0 Å². The third-order valence-corrected chi connectivity index (χ3v) is 3.69. The van der Waals surface area contributed by atoms with E-state index in [1.165, 1.54) is 13.5 Å². The Balaban J connectivity index is 1.61. The van der Waals surface area contributed by atoms with Gasteiger partial charge in [-0.15, -0.1) is 0 Å². The molecule has 2 saturated heterocycles. The molecule has 0 aromatic heterocycles. The molecule has 15 heavy (non-hydrogen) atoms. The monoisotopic (exact) mass is 211 g/mol. The van der Waals surface area contributed by atoms with E-state index in [9.17, 15) is 9.59 Å². The zero-order chi connectivity index (χ0) is 10.6. The molecule has 5 heteroatoms. The van der Waals surface area contributed by atoms with Gasteiger partial charge in [0.2, 0.25) is 0 Å². The Morgan fingerprint density at radius 1 is 1.33 bits per heavy atom. The van der Waals surface area contributed by atoms with Crippen LogP contribution < -0.4 is 5.32 Å². The number of carbonyl (C=O) groups excluding carboxylic acids is 2. The molecule has 1 aliphatic carbocycles. The Labute approximate surface area is 87.1 Å². The lowest BCUT2D eigenvalue weighted by molar-refractivity contribution is -0.153. The third-order valence-electron chi connectivity index (χ3n) is 3.69. The fraction of sp³-hybridized carbons (Fsp3) is 0.800. The number of hydrogen-bond acceptors (Lipinski definition) is 4. The molecular formula is C10H13NO4. The molecule has 3 fully saturated rings. The maximum absolute atomic E-state index is 11.3. The summed E-state index contributed by atoms with van der Waals surface area (Å²) in [5, 5.41) is 2.68. The molecule has 1 saturated carbocycles. The van der Waals surface area contributed by atoms with Crippen molar-refractivity contribution in [1.82, 2.24) is 5.32 Å². The number of nitrogens with one attached hydrogen (secondary N) is 1. The predicted molar refractivity (Wildman–Crippen MR) is 48.8 cm³/mol. The minimum atomic E-state index is -0.829. The predicted octanol–water partition coefficient (Wildman–Crippen LogP) is -0.549. The van der Waals surface area contributed by atoms with E-state index in [2.05, 4.69) is 10.1 Å². The topological polar surface area (TPSA) is 64.6 Å². The second-order valence-corrected chi connectivity index (χ2v) is 4.51. The molecule has 5 unspecified atom stereocenters. The highest BCUT2D eigenvalue weighted by atomic mass is 16.5. The molecule has 0 radical (unpaired) electrons. The van der Waals surface area contributed by atoms with Gasteiger partial charge in [-0.1, -0.05) is 0 Å². The maximum atomic E-state index is 11.3. The van der Waals surface area contributed by atoms with E-state index in [0.717, 1.165) is 12.3 Å². The number of carbonyl (C=O) groups is 2. The van der Waals surface area contributed by atoms with Crippen molar-refractivity contribution in [1.29, 1.82) is 0 Å². The van der Waals surface area contributed by atoms with Gasteiger partial charge in [-0.25, -0.2) is 4.79 Å². The lowest BCUT2D eigenvalue weighted by atomic mass is 9.95. The van der Waals surface area contributed by atoms with E-state index < -0.39 is 11.9 Å². The standard InChI is InChI=1S/C10H13NO4/c1-14-10(13)9(12)11-6-3-7-4-2-5(4)8(6)15-7/h4-8H,2-3H2,1H3,(H,11,12). The summed E-state index contributed by atoms with van der Waals surface area (Å²) in [6, 6.07) is 0.00495. The van der Waals surface area contributed by atoms with E-state index in [4.69, 9.17) is 4.74 Å². The van der Waals surface area contributed by atoms with Crippen LogP contribution in [0.15, 0.2) is 0 Å². The Kier molecular flexibility index (Phi) is 1.80. The smallest absolute Gasteiger partial charge is 0.396 e. The second-order valence-electron chi connectivity index (χ2n) is 4.51. The van der Waals surface area contributed by atoms with Gasteiger partial charge in [-0.2, -0.15) is 0 Å². The van der Waals surface area contributed by atoms with Gasteiger partial charge in [-0.05, 0) is 24.7 Å². The van der Waals surface area contributed by atoms with E-state index in [-0.39, 0.29) is 12.1 Å². The second kappa shape index (κ2) is 2.95. The minimum absolute atomic E-state index is 0.00495. The van der Waals surface area contributed by atoms with Crippen LogP contribution in [0.3, 0.4) is 0 Å². The zero-order valence-electron chi connectivity index (χ0n) is 8.43. The number of methoxy groups -OCH3 is 1. The molecule has 2 heterocycles. The van der Waals surface area contributed by atoms with E-state index in [1.54, 1.807) is 0 Å². The molecule has 0 aromatic rings. The van der Waals surface area contributed by atoms with Crippen LogP contribution in [0.2, 0.25) is 0 Å². The average Bonchev–Trinajstić information content (AvgIpc) is 2.86. The summed E-state index contributed by atoms with van der Waals surface area (Å²) >= 11 is 0. The molecule has 3 rings (SSSR count). The Hall–Kier alpha value is -1.10. The van der Waals surface area contributed by atoms with Crippen LogP contribution in [0.4, 0.5) is 0 Å². The number of rotatable bonds is 1. The van der Waals surface area contributed by atoms with Crippen molar-refractivity contribution < 1.29 is 19.1 Å². The summed E-state index contributed by atoms with van der Waals surface area (Å²) in [5.74, 6) is -0.144. The molecule has 82 valence electrons. The summed E-state index contributed by atoms with van der Waals surface area (Å²) in [6.07, 6.45) is 2.51. The largest absolute Gasteiger partial charge is 0.462 e. The van der Waals surface area contributed by atoms with Crippen molar-refractivity contribution in [3.05, 3.63) is 0 Å². The first-order chi connectivity index (χ1) is 7.20. The fourth-order valence-electron chi connectivity index (χ4n) is 2.91. The highest BCUT2D eigenvalue weighted by Gasteiger charge is 2.63. The van der Waals surface area contributed by atoms with Crippen molar-refractivity contribution in [2.24, 2.45) is 11.8 Å². The summed E-state index contributed by atoms with van der Waals surface area (Å²) in [5.41, 5.74) is 0. The van der Waals surface area contributed by atoms with Crippen molar-refractivity contribution in [2.75, 3.05) is 7.11 Å². The van der Waals surface area contributed by atoms with Crippen molar-refractivity contribution in [3.8, 4) is 0 Å². The summed E-state index contributed by atoms with van der Waals surface area (Å²) < 4.78 is 10.0. The minimum Gasteiger partial charge on any atom is -0.462 e. The molecule has 5 nitrogen and oxygen atoms in total. The highest BCUT2D eigenvalue weighted by Crippen LogP contribution is 2.58. The zero-order valence-corrected chi connectivity index (χ0v) is 8.43. The molecule has 0 aromatic carbocycles. The van der Waals surface area contributed by atoms with Gasteiger partial charge in [0, 0.05) is 0 Å². The SMILES string of the molecule is COC(=O)C(=O)NC1CC2OC1C1CC21. The van der Waals surface area contributed by atoms with E-state index in [1.807, 2.05) is 0 Å². The molecule has 0 spiro atoms. The lowest BCUT2D eigenvalue weighted by Crippen LogP contribution is -2.45. The highest BCUT2D eigenvalue weighted by molar-refractivity contribution is 6.32. The van der Waals surface area contributed by atoms with Crippen molar-refractivity contribution >= 4 is 11.9 Å². The summed E-state index contributed by atoms with van der Waals surface area (Å²) in [7, 11) is 1.20. The van der Waals surface area contributed by atoms with Crippen molar-refractivity contribution in [3.63, 3.8) is 0 Å². The first-order valence-electron chi connectivity index (χ1n) is 5.25. The number of fused-ring (bicyclic) bond motifs is 5. The van der Waals surface area contributed by atoms with Gasteiger partial charge in [-0.3, -0.25) is 4.79 Å². The van der Waals surface area contributed by atoms with Gasteiger partial charge in [0.15, 0.2) is 0 Å². The van der Waals surface area contributed by atoms with E-state index >= 15 is 0 Å². The molecule has 3 aliphatic rings. The molecule has 1 amide bonds. The van der Waals surface area contributed by atoms with Gasteiger partial charge < -0.3 is 14.8 Å². The van der Waals surface area contributed by atoms with Gasteiger partial charge in [0.1, 0.15) is 0 Å². The third kappa shape index (κ3) is 1.26. The number of hydrogen-bond donors (Lipinski definition) is 1. The number of amides is 1. The van der Waals surface area contributed by atoms with Crippen LogP contribution in [0, 0.1) is 11.8 Å². The first kappa shape index (κ1) is 9.15. The number of esters is 1. The van der Waals surface area contributed by atoms with Crippen LogP contribution in [0.25, 0.3) is 0 Å². The average molecular weight is 211 g/mol. The first-order valence-corrected chi connectivity index (χ1v) is 5.25. The quantitative estimate of drug-likeness (QED) is 0.467. The van der Waals surface area contributed by atoms with Crippen LogP contribution in [0.1, 0.15) is 12.8 Å². The van der Waals surface area contributed by atoms with Crippen LogP contribution in [-0.2, 0) is 19.1 Å². The van der Waals surface area contributed by atoms with Crippen LogP contribution >= 0.6 is 0 Å². The molecule has 2 bridgehead atoms. The molecule has 1 N–H and O–H groups in total. The lowest BCUT2D eigenvalue weighted by Gasteiger charge is -2.19. The molecule has 5 atom stereocenters. The summed E-state index contributed by atoms with van der Waals surface area (Å²) in [6.45, 7) is 0. The van der Waals surface area contributed by atoms with Crippen LogP contribution in [0.5, 0.6) is 0 Å². The van der Waals surface area contributed by atoms with Crippen molar-refractivity contribution in [2.45, 2.75) is 31.1 Å². The van der Waals surface area contributed by atoms with Gasteiger partial charge in [0.25, 0.3) is 0 Å². The van der Waals surface area contributed by atoms with Gasteiger partial charge >= 0.3 is 11.9 Å². The normalized spacial score (nSPS) is 44.7. The molecular weight excluding hydrogens is 198 g/mol. The Bertz CT molecular complexity index is 329. The molecule has 2 aliphatic heterocycles. The Morgan fingerprint density at radius 3 is 2.73 bits per heavy atom.